The predicted molar refractivity (Wildman–Crippen MR) is 79.3 cm³/mol. The minimum absolute atomic E-state index is 0.0575. The van der Waals surface area contributed by atoms with Crippen molar-refractivity contribution in [1.82, 2.24) is 5.32 Å². The fourth-order valence-electron chi connectivity index (χ4n) is 1.50. The molecule has 0 fully saturated rings. The molecule has 1 rings (SSSR count). The zero-order valence-corrected chi connectivity index (χ0v) is 13.4. The van der Waals surface area contributed by atoms with E-state index in [0.717, 1.165) is 0 Å². The Hall–Kier alpha value is -1.60. The molecule has 0 aromatic heterocycles. The van der Waals surface area contributed by atoms with E-state index in [0.29, 0.717) is 9.50 Å². The highest BCUT2D eigenvalue weighted by molar-refractivity contribution is 9.10. The Bertz CT molecular complexity index is 563. The van der Waals surface area contributed by atoms with Crippen LogP contribution in [-0.4, -0.2) is 36.1 Å². The summed E-state index contributed by atoms with van der Waals surface area (Å²) in [7, 11) is 1.21. The van der Waals surface area contributed by atoms with Crippen molar-refractivity contribution in [3.8, 4) is 0 Å². The summed E-state index contributed by atoms with van der Waals surface area (Å²) in [5, 5.41) is 11.7. The van der Waals surface area contributed by atoms with E-state index in [9.17, 15) is 14.4 Å². The van der Waals surface area contributed by atoms with Gasteiger partial charge in [0, 0.05) is 16.5 Å². The number of carbonyl (C=O) groups excluding carboxylic acids is 2. The Morgan fingerprint density at radius 2 is 2.10 bits per heavy atom. The monoisotopic (exact) mass is 377 g/mol. The lowest BCUT2D eigenvalue weighted by Gasteiger charge is -2.14. The number of rotatable bonds is 6. The lowest BCUT2D eigenvalue weighted by Crippen LogP contribution is -2.41. The van der Waals surface area contributed by atoms with Crippen molar-refractivity contribution in [1.29, 1.82) is 0 Å². The van der Waals surface area contributed by atoms with Crippen LogP contribution in [0.5, 0.6) is 0 Å². The molecule has 0 bridgehead atoms. The maximum absolute atomic E-state index is 12.0. The van der Waals surface area contributed by atoms with E-state index in [1.165, 1.54) is 19.2 Å². The molecule has 0 aliphatic heterocycles. The minimum Gasteiger partial charge on any atom is -0.480 e. The van der Waals surface area contributed by atoms with E-state index in [2.05, 4.69) is 26.0 Å². The number of hydrogen-bond donors (Lipinski definition) is 2. The van der Waals surface area contributed by atoms with Crippen LogP contribution in [0, 0.1) is 0 Å². The molecule has 0 spiro atoms. The zero-order valence-electron chi connectivity index (χ0n) is 11.1. The maximum Gasteiger partial charge on any atom is 0.326 e. The molecule has 0 aliphatic rings. The van der Waals surface area contributed by atoms with Gasteiger partial charge in [-0.05, 0) is 40.5 Å². The van der Waals surface area contributed by atoms with Gasteiger partial charge in [-0.3, -0.25) is 9.59 Å². The molecule has 0 radical (unpaired) electrons. The van der Waals surface area contributed by atoms with Crippen molar-refractivity contribution < 1.29 is 24.2 Å². The SMILES string of the molecule is COC(=O)CC[C@H](NC(=O)c1ccc(Br)c(Cl)c1)C(=O)O. The number of aliphatic carboxylic acids is 1. The number of ether oxygens (including phenoxy) is 1. The van der Waals surface area contributed by atoms with Crippen LogP contribution in [0.1, 0.15) is 23.2 Å². The third kappa shape index (κ3) is 5.35. The Kier molecular flexibility index (Phi) is 6.64. The van der Waals surface area contributed by atoms with E-state index in [1.807, 2.05) is 0 Å². The first-order valence-electron chi connectivity index (χ1n) is 5.90. The topological polar surface area (TPSA) is 92.7 Å². The van der Waals surface area contributed by atoms with Crippen LogP contribution in [0.15, 0.2) is 22.7 Å². The van der Waals surface area contributed by atoms with Gasteiger partial charge >= 0.3 is 11.9 Å². The normalized spacial score (nSPS) is 11.6. The summed E-state index contributed by atoms with van der Waals surface area (Å²) in [6.07, 6.45) is -0.160. The number of methoxy groups -OCH3 is 1. The highest BCUT2D eigenvalue weighted by atomic mass is 79.9. The molecular weight excluding hydrogens is 366 g/mol. The molecule has 0 saturated heterocycles. The summed E-state index contributed by atoms with van der Waals surface area (Å²) in [6.45, 7) is 0. The highest BCUT2D eigenvalue weighted by Crippen LogP contribution is 2.23. The van der Waals surface area contributed by atoms with Crippen molar-refractivity contribution in [3.05, 3.63) is 33.3 Å². The summed E-state index contributed by atoms with van der Waals surface area (Å²) in [6, 6.07) is 3.32. The van der Waals surface area contributed by atoms with Crippen molar-refractivity contribution in [2.45, 2.75) is 18.9 Å². The van der Waals surface area contributed by atoms with Gasteiger partial charge in [-0.25, -0.2) is 4.79 Å². The number of carbonyl (C=O) groups is 3. The number of benzene rings is 1. The molecular formula is C13H13BrClNO5. The summed E-state index contributed by atoms with van der Waals surface area (Å²) >= 11 is 9.07. The summed E-state index contributed by atoms with van der Waals surface area (Å²) in [5.74, 6) is -2.35. The Morgan fingerprint density at radius 1 is 1.43 bits per heavy atom. The number of carboxylic acids is 1. The Balaban J connectivity index is 2.74. The van der Waals surface area contributed by atoms with Crippen LogP contribution in [0.2, 0.25) is 5.02 Å². The average Bonchev–Trinajstić information content (AvgIpc) is 2.45. The second-order valence-electron chi connectivity index (χ2n) is 4.11. The van der Waals surface area contributed by atoms with Crippen molar-refractivity contribution in [3.63, 3.8) is 0 Å². The molecule has 0 saturated carbocycles. The summed E-state index contributed by atoms with van der Waals surface area (Å²) in [5.41, 5.74) is 0.229. The quantitative estimate of drug-likeness (QED) is 0.741. The van der Waals surface area contributed by atoms with Gasteiger partial charge in [0.15, 0.2) is 0 Å². The van der Waals surface area contributed by atoms with Crippen LogP contribution in [-0.2, 0) is 14.3 Å². The molecule has 2 N–H and O–H groups in total. The van der Waals surface area contributed by atoms with Crippen LogP contribution in [0.3, 0.4) is 0 Å². The van der Waals surface area contributed by atoms with Gasteiger partial charge in [-0.2, -0.15) is 0 Å². The van der Waals surface area contributed by atoms with Crippen molar-refractivity contribution in [2.24, 2.45) is 0 Å². The van der Waals surface area contributed by atoms with Crippen LogP contribution < -0.4 is 5.32 Å². The van der Waals surface area contributed by atoms with Crippen LogP contribution >= 0.6 is 27.5 Å². The van der Waals surface area contributed by atoms with E-state index in [4.69, 9.17) is 16.7 Å². The molecule has 1 amide bonds. The molecule has 0 aliphatic carbocycles. The number of nitrogens with one attached hydrogen (secondary N) is 1. The third-order valence-corrected chi connectivity index (χ3v) is 3.88. The summed E-state index contributed by atoms with van der Waals surface area (Å²) in [4.78, 5) is 34.1. The van der Waals surface area contributed by atoms with Gasteiger partial charge in [0.05, 0.1) is 12.1 Å². The number of esters is 1. The van der Waals surface area contributed by atoms with E-state index in [1.54, 1.807) is 6.07 Å². The molecule has 0 unspecified atom stereocenters. The largest absolute Gasteiger partial charge is 0.480 e. The first-order chi connectivity index (χ1) is 9.85. The first kappa shape index (κ1) is 17.5. The van der Waals surface area contributed by atoms with Crippen LogP contribution in [0.25, 0.3) is 0 Å². The van der Waals surface area contributed by atoms with Crippen molar-refractivity contribution in [2.75, 3.05) is 7.11 Å². The standard InChI is InChI=1S/C13H13BrClNO5/c1-21-11(17)5-4-10(13(19)20)16-12(18)7-2-3-8(14)9(15)6-7/h2-3,6,10H,4-5H2,1H3,(H,16,18)(H,19,20)/t10-/m0/s1. The summed E-state index contributed by atoms with van der Waals surface area (Å²) < 4.78 is 5.06. The second-order valence-corrected chi connectivity index (χ2v) is 5.37. The molecule has 0 heterocycles. The molecule has 6 nitrogen and oxygen atoms in total. The van der Waals surface area contributed by atoms with Crippen molar-refractivity contribution >= 4 is 45.4 Å². The molecule has 1 aromatic rings. The first-order valence-corrected chi connectivity index (χ1v) is 7.07. The smallest absolute Gasteiger partial charge is 0.326 e. The second kappa shape index (κ2) is 7.99. The molecule has 1 atom stereocenters. The average molecular weight is 379 g/mol. The number of carboxylic acid groups (broad SMARTS) is 1. The highest BCUT2D eigenvalue weighted by Gasteiger charge is 2.22. The third-order valence-electron chi connectivity index (χ3n) is 2.65. The van der Waals surface area contributed by atoms with Gasteiger partial charge < -0.3 is 15.2 Å². The molecule has 21 heavy (non-hydrogen) atoms. The van der Waals surface area contributed by atoms with Gasteiger partial charge in [0.2, 0.25) is 0 Å². The van der Waals surface area contributed by atoms with Gasteiger partial charge in [-0.1, -0.05) is 11.6 Å². The van der Waals surface area contributed by atoms with Crippen LogP contribution in [0.4, 0.5) is 0 Å². The Morgan fingerprint density at radius 3 is 2.62 bits per heavy atom. The van der Waals surface area contributed by atoms with Gasteiger partial charge in [0.1, 0.15) is 6.04 Å². The van der Waals surface area contributed by atoms with E-state index in [-0.39, 0.29) is 18.4 Å². The van der Waals surface area contributed by atoms with E-state index < -0.39 is 23.9 Å². The maximum atomic E-state index is 12.0. The molecule has 8 heteroatoms. The minimum atomic E-state index is -1.23. The zero-order chi connectivity index (χ0) is 16.0. The fraction of sp³-hybridized carbons (Fsp3) is 0.308. The van der Waals surface area contributed by atoms with E-state index >= 15 is 0 Å². The molecule has 114 valence electrons. The molecule has 1 aromatic carbocycles. The number of hydrogen-bond acceptors (Lipinski definition) is 4. The fourth-order valence-corrected chi connectivity index (χ4v) is 1.93. The van der Waals surface area contributed by atoms with Gasteiger partial charge in [-0.15, -0.1) is 0 Å². The Labute approximate surface area is 134 Å². The van der Waals surface area contributed by atoms with Gasteiger partial charge in [0.25, 0.3) is 5.91 Å². The lowest BCUT2D eigenvalue weighted by molar-refractivity contribution is -0.142. The lowest BCUT2D eigenvalue weighted by atomic mass is 10.1. The number of halogens is 2. The predicted octanol–water partition coefficient (Wildman–Crippen LogP) is 2.24. The number of amides is 1.